The Balaban J connectivity index is 1.85. The minimum absolute atomic E-state index is 0.543. The number of ether oxygens (including phenoxy) is 1. The second-order valence-corrected chi connectivity index (χ2v) is 5.80. The maximum Gasteiger partial charge on any atom is 0.129 e. The van der Waals surface area contributed by atoms with Crippen LogP contribution in [0, 0.1) is 5.92 Å². The minimum Gasteiger partial charge on any atom is -0.381 e. The van der Waals surface area contributed by atoms with Gasteiger partial charge in [0.1, 0.15) is 5.82 Å². The first-order valence-electron chi connectivity index (χ1n) is 7.65. The van der Waals surface area contributed by atoms with E-state index in [1.54, 1.807) is 0 Å². The zero-order valence-corrected chi connectivity index (χ0v) is 12.6. The number of hydrogen-bond donors (Lipinski definition) is 1. The number of fused-ring (bicyclic) bond motifs is 1. The van der Waals surface area contributed by atoms with Crippen LogP contribution in [0.3, 0.4) is 0 Å². The van der Waals surface area contributed by atoms with E-state index >= 15 is 0 Å². The highest BCUT2D eigenvalue weighted by molar-refractivity contribution is 5.84. The molecule has 1 aromatic carbocycles. The van der Waals surface area contributed by atoms with Crippen molar-refractivity contribution in [2.75, 3.05) is 31.7 Å². The van der Waals surface area contributed by atoms with Crippen LogP contribution in [0.5, 0.6) is 0 Å². The maximum absolute atomic E-state index is 5.91. The molecule has 3 rings (SSSR count). The third-order valence-corrected chi connectivity index (χ3v) is 4.27. The van der Waals surface area contributed by atoms with Crippen molar-refractivity contribution in [2.24, 2.45) is 11.7 Å². The van der Waals surface area contributed by atoms with Crippen LogP contribution in [-0.4, -0.2) is 31.8 Å². The van der Waals surface area contributed by atoms with Gasteiger partial charge in [0.25, 0.3) is 0 Å². The van der Waals surface area contributed by atoms with Crippen LogP contribution < -0.4 is 10.6 Å². The van der Waals surface area contributed by atoms with Gasteiger partial charge in [0, 0.05) is 38.7 Å². The quantitative estimate of drug-likeness (QED) is 0.938. The van der Waals surface area contributed by atoms with Crippen LogP contribution in [0.4, 0.5) is 5.82 Å². The summed E-state index contributed by atoms with van der Waals surface area (Å²) < 4.78 is 5.43. The standard InChI is InChI=1S/C17H23N3O/c1-20(12-13-6-8-21-9-7-13)17-10-14(11-18)15-4-2-3-5-16(15)19-17/h2-5,10,13H,6-9,11-12,18H2,1H3. The molecule has 2 N–H and O–H groups in total. The molecular formula is C17H23N3O. The molecule has 0 amide bonds. The van der Waals surface area contributed by atoms with Crippen molar-refractivity contribution in [1.82, 2.24) is 4.98 Å². The maximum atomic E-state index is 5.91. The summed E-state index contributed by atoms with van der Waals surface area (Å²) in [5.74, 6) is 1.71. The molecule has 0 bridgehead atoms. The van der Waals surface area contributed by atoms with Gasteiger partial charge in [-0.1, -0.05) is 18.2 Å². The SMILES string of the molecule is CN(CC1CCOCC1)c1cc(CN)c2ccccc2n1. The minimum atomic E-state index is 0.543. The lowest BCUT2D eigenvalue weighted by Gasteiger charge is -2.28. The average molecular weight is 285 g/mol. The molecule has 0 aliphatic carbocycles. The molecule has 0 atom stereocenters. The highest BCUT2D eigenvalue weighted by atomic mass is 16.5. The predicted octanol–water partition coefficient (Wildman–Crippen LogP) is 2.56. The fraction of sp³-hybridized carbons (Fsp3) is 0.471. The summed E-state index contributed by atoms with van der Waals surface area (Å²) in [4.78, 5) is 7.04. The van der Waals surface area contributed by atoms with Crippen LogP contribution in [0.1, 0.15) is 18.4 Å². The van der Waals surface area contributed by atoms with E-state index in [2.05, 4.69) is 30.1 Å². The van der Waals surface area contributed by atoms with Crippen molar-refractivity contribution >= 4 is 16.7 Å². The van der Waals surface area contributed by atoms with Gasteiger partial charge >= 0.3 is 0 Å². The highest BCUT2D eigenvalue weighted by Gasteiger charge is 2.17. The lowest BCUT2D eigenvalue weighted by atomic mass is 10.00. The Bertz CT molecular complexity index is 608. The van der Waals surface area contributed by atoms with E-state index in [1.807, 2.05) is 12.1 Å². The van der Waals surface area contributed by atoms with Gasteiger partial charge in [-0.3, -0.25) is 0 Å². The molecule has 2 aromatic rings. The van der Waals surface area contributed by atoms with Crippen LogP contribution >= 0.6 is 0 Å². The Morgan fingerprint density at radius 1 is 1.29 bits per heavy atom. The fourth-order valence-corrected chi connectivity index (χ4v) is 3.01. The van der Waals surface area contributed by atoms with Crippen LogP contribution in [-0.2, 0) is 11.3 Å². The molecule has 0 spiro atoms. The summed E-state index contributed by atoms with van der Waals surface area (Å²) in [5, 5.41) is 1.16. The van der Waals surface area contributed by atoms with E-state index in [-0.39, 0.29) is 0 Å². The second-order valence-electron chi connectivity index (χ2n) is 5.80. The molecule has 1 saturated heterocycles. The Kier molecular flexibility index (Phi) is 4.36. The summed E-state index contributed by atoms with van der Waals surface area (Å²) in [6.07, 6.45) is 2.28. The number of benzene rings is 1. The molecular weight excluding hydrogens is 262 g/mol. The molecule has 0 saturated carbocycles. The van der Waals surface area contributed by atoms with Crippen molar-refractivity contribution in [2.45, 2.75) is 19.4 Å². The van der Waals surface area contributed by atoms with E-state index in [9.17, 15) is 0 Å². The van der Waals surface area contributed by atoms with Crippen molar-refractivity contribution in [3.05, 3.63) is 35.9 Å². The molecule has 1 aliphatic heterocycles. The van der Waals surface area contributed by atoms with E-state index in [1.165, 1.54) is 0 Å². The average Bonchev–Trinajstić information content (AvgIpc) is 2.54. The molecule has 1 aromatic heterocycles. The molecule has 4 nitrogen and oxygen atoms in total. The van der Waals surface area contributed by atoms with Crippen LogP contribution in [0.25, 0.3) is 10.9 Å². The molecule has 1 aliphatic rings. The molecule has 0 radical (unpaired) electrons. The first kappa shape index (κ1) is 14.3. The monoisotopic (exact) mass is 285 g/mol. The normalized spacial score (nSPS) is 16.3. The first-order valence-corrected chi connectivity index (χ1v) is 7.65. The molecule has 112 valence electrons. The second kappa shape index (κ2) is 6.41. The Morgan fingerprint density at radius 3 is 2.81 bits per heavy atom. The van der Waals surface area contributed by atoms with Gasteiger partial charge in [-0.25, -0.2) is 4.98 Å². The lowest BCUT2D eigenvalue weighted by Crippen LogP contribution is -2.30. The van der Waals surface area contributed by atoms with Gasteiger partial charge in [0.15, 0.2) is 0 Å². The molecule has 1 fully saturated rings. The topological polar surface area (TPSA) is 51.4 Å². The number of nitrogens with two attached hydrogens (primary N) is 1. The molecule has 21 heavy (non-hydrogen) atoms. The van der Waals surface area contributed by atoms with Crippen molar-refractivity contribution in [3.63, 3.8) is 0 Å². The van der Waals surface area contributed by atoms with Crippen LogP contribution in [0.2, 0.25) is 0 Å². The Morgan fingerprint density at radius 2 is 2.05 bits per heavy atom. The van der Waals surface area contributed by atoms with Crippen molar-refractivity contribution in [3.8, 4) is 0 Å². The van der Waals surface area contributed by atoms with Crippen LogP contribution in [0.15, 0.2) is 30.3 Å². The van der Waals surface area contributed by atoms with Gasteiger partial charge < -0.3 is 15.4 Å². The number of nitrogens with zero attached hydrogens (tertiary/aromatic N) is 2. The summed E-state index contributed by atoms with van der Waals surface area (Å²) in [7, 11) is 2.12. The van der Waals surface area contributed by atoms with Crippen molar-refractivity contribution < 1.29 is 4.74 Å². The third kappa shape index (κ3) is 3.17. The highest BCUT2D eigenvalue weighted by Crippen LogP contribution is 2.24. The van der Waals surface area contributed by atoms with Gasteiger partial charge in [-0.15, -0.1) is 0 Å². The Labute approximate surface area is 125 Å². The zero-order chi connectivity index (χ0) is 14.7. The van der Waals surface area contributed by atoms with Gasteiger partial charge in [-0.05, 0) is 36.5 Å². The number of rotatable bonds is 4. The van der Waals surface area contributed by atoms with E-state index < -0.39 is 0 Å². The largest absolute Gasteiger partial charge is 0.381 e. The summed E-state index contributed by atoms with van der Waals surface area (Å²) in [6, 6.07) is 10.3. The number of pyridine rings is 1. The number of anilines is 1. The smallest absolute Gasteiger partial charge is 0.129 e. The van der Waals surface area contributed by atoms with Gasteiger partial charge in [0.05, 0.1) is 5.52 Å². The third-order valence-electron chi connectivity index (χ3n) is 4.27. The zero-order valence-electron chi connectivity index (χ0n) is 12.6. The van der Waals surface area contributed by atoms with E-state index in [0.717, 1.165) is 54.9 Å². The van der Waals surface area contributed by atoms with E-state index in [0.29, 0.717) is 12.5 Å². The van der Waals surface area contributed by atoms with Crippen molar-refractivity contribution in [1.29, 1.82) is 0 Å². The predicted molar refractivity (Wildman–Crippen MR) is 86.4 cm³/mol. The molecule has 2 heterocycles. The first-order chi connectivity index (χ1) is 10.3. The fourth-order valence-electron chi connectivity index (χ4n) is 3.01. The number of hydrogen-bond acceptors (Lipinski definition) is 4. The van der Waals surface area contributed by atoms with E-state index in [4.69, 9.17) is 15.5 Å². The summed E-state index contributed by atoms with van der Waals surface area (Å²) in [6.45, 7) is 3.34. The van der Waals surface area contributed by atoms with Gasteiger partial charge in [-0.2, -0.15) is 0 Å². The summed E-state index contributed by atoms with van der Waals surface area (Å²) >= 11 is 0. The Hall–Kier alpha value is -1.65. The van der Waals surface area contributed by atoms with Gasteiger partial charge in [0.2, 0.25) is 0 Å². The summed E-state index contributed by atoms with van der Waals surface area (Å²) in [5.41, 5.74) is 8.09. The molecule has 0 unspecified atom stereocenters. The number of aromatic nitrogens is 1. The lowest BCUT2D eigenvalue weighted by molar-refractivity contribution is 0.0685. The number of para-hydroxylation sites is 1. The molecule has 4 heteroatoms.